The molecule has 1 heterocycles. The lowest BCUT2D eigenvalue weighted by Gasteiger charge is -2.12. The van der Waals surface area contributed by atoms with E-state index in [-0.39, 0.29) is 10.8 Å². The molecule has 2 rings (SSSR count). The molecular weight excluding hydrogens is 323 g/mol. The van der Waals surface area contributed by atoms with Crippen LogP contribution in [0.25, 0.3) is 0 Å². The average molecular weight is 335 g/mol. The average Bonchev–Trinajstić information content (AvgIpc) is 2.86. The Balaban J connectivity index is 2.09. The molecule has 0 saturated heterocycles. The molecule has 1 atom stereocenters. The summed E-state index contributed by atoms with van der Waals surface area (Å²) in [4.78, 5) is 4.05. The predicted octanol–water partition coefficient (Wildman–Crippen LogP) is 3.12. The monoisotopic (exact) mass is 334 g/mol. The minimum atomic E-state index is -3.58. The van der Waals surface area contributed by atoms with E-state index in [1.54, 1.807) is 18.5 Å². The summed E-state index contributed by atoms with van der Waals surface area (Å²) in [7, 11) is -3.58. The van der Waals surface area contributed by atoms with Crippen LogP contribution in [0.4, 0.5) is 4.39 Å². The summed E-state index contributed by atoms with van der Waals surface area (Å²) in [5.74, 6) is -0.941. The number of rotatable bonds is 5. The molecule has 0 fully saturated rings. The molecule has 20 heavy (non-hydrogen) atoms. The van der Waals surface area contributed by atoms with Crippen molar-refractivity contribution in [2.24, 2.45) is 0 Å². The van der Waals surface area contributed by atoms with Gasteiger partial charge < -0.3 is 0 Å². The van der Waals surface area contributed by atoms with Crippen molar-refractivity contribution >= 4 is 33.0 Å². The van der Waals surface area contributed by atoms with Gasteiger partial charge in [-0.15, -0.1) is 11.3 Å². The van der Waals surface area contributed by atoms with E-state index in [4.69, 9.17) is 11.6 Å². The first kappa shape index (κ1) is 15.4. The molecule has 0 saturated carbocycles. The topological polar surface area (TPSA) is 59.1 Å². The van der Waals surface area contributed by atoms with Crippen LogP contribution in [0.5, 0.6) is 0 Å². The molecule has 4 nitrogen and oxygen atoms in total. The Morgan fingerprint density at radius 2 is 2.25 bits per heavy atom. The Hall–Kier alpha value is -1.02. The van der Waals surface area contributed by atoms with E-state index in [0.29, 0.717) is 10.6 Å². The molecule has 1 N–H and O–H groups in total. The molecule has 8 heteroatoms. The maximum Gasteiger partial charge on any atom is 0.216 e. The van der Waals surface area contributed by atoms with Gasteiger partial charge in [0.25, 0.3) is 0 Å². The normalized spacial score (nSPS) is 13.3. The Morgan fingerprint density at radius 3 is 2.85 bits per heavy atom. The van der Waals surface area contributed by atoms with Crippen molar-refractivity contribution in [2.45, 2.75) is 18.7 Å². The summed E-state index contributed by atoms with van der Waals surface area (Å²) in [5.41, 5.74) is 0.339. The van der Waals surface area contributed by atoms with Gasteiger partial charge in [-0.25, -0.2) is 22.5 Å². The Kier molecular flexibility index (Phi) is 4.74. The fraction of sp³-hybridized carbons (Fsp3) is 0.250. The van der Waals surface area contributed by atoms with Gasteiger partial charge >= 0.3 is 0 Å². The highest BCUT2D eigenvalue weighted by molar-refractivity contribution is 7.88. The zero-order valence-electron chi connectivity index (χ0n) is 10.5. The van der Waals surface area contributed by atoms with E-state index in [9.17, 15) is 12.8 Å². The van der Waals surface area contributed by atoms with Gasteiger partial charge in [-0.1, -0.05) is 17.7 Å². The van der Waals surface area contributed by atoms with Gasteiger partial charge in [-0.05, 0) is 24.6 Å². The van der Waals surface area contributed by atoms with E-state index in [2.05, 4.69) is 9.71 Å². The number of thiazole rings is 1. The van der Waals surface area contributed by atoms with Crippen LogP contribution >= 0.6 is 22.9 Å². The Labute approximate surface area is 125 Å². The quantitative estimate of drug-likeness (QED) is 0.914. The summed E-state index contributed by atoms with van der Waals surface area (Å²) in [6.07, 6.45) is 1.61. The number of hydrogen-bond donors (Lipinski definition) is 1. The third-order valence-electron chi connectivity index (χ3n) is 2.52. The first-order valence-corrected chi connectivity index (χ1v) is 8.62. The van der Waals surface area contributed by atoms with Gasteiger partial charge in [-0.3, -0.25) is 0 Å². The van der Waals surface area contributed by atoms with Crippen LogP contribution in [-0.2, 0) is 15.8 Å². The summed E-state index contributed by atoms with van der Waals surface area (Å²) in [5, 5.41) is 2.42. The highest BCUT2D eigenvalue weighted by Crippen LogP contribution is 2.19. The minimum Gasteiger partial charge on any atom is -0.248 e. The van der Waals surface area contributed by atoms with E-state index in [0.717, 1.165) is 6.07 Å². The van der Waals surface area contributed by atoms with E-state index in [1.807, 2.05) is 0 Å². The fourth-order valence-electron chi connectivity index (χ4n) is 1.66. The minimum absolute atomic E-state index is 0.0322. The van der Waals surface area contributed by atoms with Gasteiger partial charge in [-0.2, -0.15) is 0 Å². The van der Waals surface area contributed by atoms with Gasteiger partial charge in [0, 0.05) is 11.6 Å². The van der Waals surface area contributed by atoms with E-state index in [1.165, 1.54) is 23.5 Å². The summed E-state index contributed by atoms with van der Waals surface area (Å²) in [6.45, 7) is 1.71. The Bertz CT molecular complexity index is 689. The molecule has 0 radical (unpaired) electrons. The molecule has 0 amide bonds. The van der Waals surface area contributed by atoms with Crippen molar-refractivity contribution in [1.29, 1.82) is 0 Å². The molecule has 0 aliphatic rings. The number of benzene rings is 1. The molecule has 0 spiro atoms. The number of nitrogens with zero attached hydrogens (tertiary/aromatic N) is 1. The number of hydrogen-bond acceptors (Lipinski definition) is 4. The van der Waals surface area contributed by atoms with E-state index < -0.39 is 21.9 Å². The lowest BCUT2D eigenvalue weighted by atomic mass is 10.2. The first-order valence-electron chi connectivity index (χ1n) is 5.71. The summed E-state index contributed by atoms with van der Waals surface area (Å²) in [6, 6.07) is 3.53. The summed E-state index contributed by atoms with van der Waals surface area (Å²) >= 11 is 6.92. The van der Waals surface area contributed by atoms with Gasteiger partial charge in [0.05, 0.1) is 16.8 Å². The predicted molar refractivity (Wildman–Crippen MR) is 77.7 cm³/mol. The van der Waals surface area contributed by atoms with Crippen LogP contribution in [0.3, 0.4) is 0 Å². The second-order valence-electron chi connectivity index (χ2n) is 4.22. The van der Waals surface area contributed by atoms with Gasteiger partial charge in [0.2, 0.25) is 10.0 Å². The second-order valence-corrected chi connectivity index (χ2v) is 7.30. The van der Waals surface area contributed by atoms with Crippen molar-refractivity contribution in [3.63, 3.8) is 0 Å². The van der Waals surface area contributed by atoms with Crippen molar-refractivity contribution in [2.75, 3.05) is 0 Å². The van der Waals surface area contributed by atoms with Crippen molar-refractivity contribution in [3.8, 4) is 0 Å². The third-order valence-corrected chi connectivity index (χ3v) is 5.21. The first-order chi connectivity index (χ1) is 9.37. The number of halogens is 2. The van der Waals surface area contributed by atoms with Crippen LogP contribution in [0.15, 0.2) is 29.8 Å². The lowest BCUT2D eigenvalue weighted by Crippen LogP contribution is -2.28. The Morgan fingerprint density at radius 1 is 1.50 bits per heavy atom. The second kappa shape index (κ2) is 6.17. The standard InChI is InChI=1S/C12H12ClFN2O2S2/c1-8(12-15-4-5-19-12)16-20(17,18)7-9-2-3-10(13)11(14)6-9/h2-6,8,16H,7H2,1H3/t8-/m0/s1. The smallest absolute Gasteiger partial charge is 0.216 e. The lowest BCUT2D eigenvalue weighted by molar-refractivity contribution is 0.565. The molecule has 108 valence electrons. The molecule has 0 unspecified atom stereocenters. The van der Waals surface area contributed by atoms with Crippen LogP contribution in [-0.4, -0.2) is 13.4 Å². The maximum absolute atomic E-state index is 13.3. The van der Waals surface area contributed by atoms with Crippen molar-refractivity contribution in [1.82, 2.24) is 9.71 Å². The molecule has 1 aromatic carbocycles. The van der Waals surface area contributed by atoms with E-state index >= 15 is 0 Å². The summed E-state index contributed by atoms with van der Waals surface area (Å²) < 4.78 is 39.8. The third kappa shape index (κ3) is 3.99. The molecule has 1 aromatic heterocycles. The van der Waals surface area contributed by atoms with Crippen LogP contribution in [0.2, 0.25) is 5.02 Å². The zero-order valence-corrected chi connectivity index (χ0v) is 12.9. The zero-order chi connectivity index (χ0) is 14.8. The highest BCUT2D eigenvalue weighted by Gasteiger charge is 2.18. The van der Waals surface area contributed by atoms with Gasteiger partial charge in [0.1, 0.15) is 10.8 Å². The molecular formula is C12H12ClFN2O2S2. The largest absolute Gasteiger partial charge is 0.248 e. The van der Waals surface area contributed by atoms with Crippen LogP contribution in [0.1, 0.15) is 23.5 Å². The van der Waals surface area contributed by atoms with Crippen LogP contribution in [0, 0.1) is 5.82 Å². The highest BCUT2D eigenvalue weighted by atomic mass is 35.5. The maximum atomic E-state index is 13.3. The van der Waals surface area contributed by atoms with Crippen molar-refractivity contribution in [3.05, 3.63) is 51.2 Å². The molecule has 0 aliphatic heterocycles. The molecule has 0 aliphatic carbocycles. The molecule has 2 aromatic rings. The number of nitrogens with one attached hydrogen (secondary N) is 1. The number of sulfonamides is 1. The SMILES string of the molecule is C[C@H](NS(=O)(=O)Cc1ccc(Cl)c(F)c1)c1nccs1. The molecule has 0 bridgehead atoms. The number of aromatic nitrogens is 1. The fourth-order valence-corrected chi connectivity index (χ4v) is 3.85. The van der Waals surface area contributed by atoms with Crippen LogP contribution < -0.4 is 4.72 Å². The van der Waals surface area contributed by atoms with Crippen molar-refractivity contribution < 1.29 is 12.8 Å². The van der Waals surface area contributed by atoms with Gasteiger partial charge in [0.15, 0.2) is 0 Å².